The second-order valence-corrected chi connectivity index (χ2v) is 8.65. The van der Waals surface area contributed by atoms with Gasteiger partial charge < -0.3 is 5.32 Å². The molecule has 6 nitrogen and oxygen atoms in total. The highest BCUT2D eigenvalue weighted by Crippen LogP contribution is 2.24. The molecule has 0 saturated heterocycles. The number of thiophene rings is 1. The van der Waals surface area contributed by atoms with Crippen molar-refractivity contribution in [1.29, 1.82) is 0 Å². The zero-order valence-corrected chi connectivity index (χ0v) is 18.1. The van der Waals surface area contributed by atoms with Crippen molar-refractivity contribution < 1.29 is 4.79 Å². The van der Waals surface area contributed by atoms with Gasteiger partial charge in [0.05, 0.1) is 10.2 Å². The fraction of sp³-hybridized carbons (Fsp3) is 0.348. The molecule has 3 heterocycles. The first-order valence-corrected chi connectivity index (χ1v) is 11.2. The molecule has 0 spiro atoms. The van der Waals surface area contributed by atoms with Crippen LogP contribution in [0.4, 0.5) is 0 Å². The second kappa shape index (κ2) is 8.83. The van der Waals surface area contributed by atoms with E-state index in [9.17, 15) is 9.59 Å². The topological polar surface area (TPSA) is 68.4 Å². The summed E-state index contributed by atoms with van der Waals surface area (Å²) in [6.07, 6.45) is 2.80. The maximum atomic E-state index is 12.8. The molecular weight excluding hydrogens is 396 g/mol. The van der Waals surface area contributed by atoms with Crippen molar-refractivity contribution >= 4 is 33.0 Å². The summed E-state index contributed by atoms with van der Waals surface area (Å²) in [5.41, 5.74) is 2.83. The quantitative estimate of drug-likeness (QED) is 0.468. The lowest BCUT2D eigenvalue weighted by Gasteiger charge is -2.14. The molecule has 156 valence electrons. The Morgan fingerprint density at radius 1 is 1.20 bits per heavy atom. The average Bonchev–Trinajstić information content (AvgIpc) is 3.32. The van der Waals surface area contributed by atoms with Crippen molar-refractivity contribution in [2.45, 2.75) is 52.1 Å². The molecule has 7 heteroatoms. The monoisotopic (exact) mass is 422 g/mol. The fourth-order valence-electron chi connectivity index (χ4n) is 3.82. The normalized spacial score (nSPS) is 12.5. The highest BCUT2D eigenvalue weighted by molar-refractivity contribution is 7.17. The van der Waals surface area contributed by atoms with Gasteiger partial charge in [0.25, 0.3) is 5.56 Å². The second-order valence-electron chi connectivity index (χ2n) is 7.71. The molecule has 1 N–H and O–H groups in total. The average molecular weight is 423 g/mol. The molecule has 0 unspecified atom stereocenters. The summed E-state index contributed by atoms with van der Waals surface area (Å²) in [6, 6.07) is 14.3. The number of fused-ring (bicyclic) bond motifs is 3. The molecule has 0 radical (unpaired) electrons. The van der Waals surface area contributed by atoms with Crippen LogP contribution in [0.3, 0.4) is 0 Å². The van der Waals surface area contributed by atoms with Crippen LogP contribution in [0, 0.1) is 6.92 Å². The predicted octanol–water partition coefficient (Wildman–Crippen LogP) is 3.94. The Hall–Kier alpha value is -2.93. The van der Waals surface area contributed by atoms with E-state index < -0.39 is 0 Å². The van der Waals surface area contributed by atoms with Gasteiger partial charge in [0.1, 0.15) is 11.3 Å². The third-order valence-electron chi connectivity index (χ3n) is 5.36. The van der Waals surface area contributed by atoms with Gasteiger partial charge in [0.2, 0.25) is 5.91 Å². The van der Waals surface area contributed by atoms with E-state index in [4.69, 9.17) is 0 Å². The third-order valence-corrected chi connectivity index (χ3v) is 6.21. The van der Waals surface area contributed by atoms with Crippen LogP contribution in [0.15, 0.2) is 52.6 Å². The number of carbonyl (C=O) groups is 1. The molecule has 1 atom stereocenters. The number of hydrogen-bond donors (Lipinski definition) is 1. The van der Waals surface area contributed by atoms with E-state index in [1.165, 1.54) is 10.2 Å². The van der Waals surface area contributed by atoms with Crippen molar-refractivity contribution in [2.24, 2.45) is 0 Å². The minimum absolute atomic E-state index is 0.0182. The van der Waals surface area contributed by atoms with E-state index in [-0.39, 0.29) is 17.5 Å². The van der Waals surface area contributed by atoms with Crippen LogP contribution in [-0.2, 0) is 17.8 Å². The molecule has 0 bridgehead atoms. The first kappa shape index (κ1) is 20.3. The lowest BCUT2D eigenvalue weighted by molar-refractivity contribution is -0.121. The van der Waals surface area contributed by atoms with Gasteiger partial charge in [-0.05, 0) is 56.2 Å². The molecule has 3 aromatic heterocycles. The number of amides is 1. The van der Waals surface area contributed by atoms with Crippen molar-refractivity contribution in [3.8, 4) is 0 Å². The Kier molecular flexibility index (Phi) is 5.99. The van der Waals surface area contributed by atoms with Crippen LogP contribution in [0.2, 0.25) is 0 Å². The molecule has 0 aliphatic carbocycles. The SMILES string of the molecule is Cc1nn(CCCC(=O)N[C@@H](C)CCc2ccccc2)c(=O)c2cc3sccc3n12. The number of aryl methyl sites for hydroxylation is 3. The third kappa shape index (κ3) is 4.31. The molecule has 4 aromatic rings. The van der Waals surface area contributed by atoms with Crippen LogP contribution in [-0.4, -0.2) is 26.1 Å². The molecule has 4 rings (SSSR count). The van der Waals surface area contributed by atoms with Crippen molar-refractivity contribution in [1.82, 2.24) is 19.5 Å². The standard InChI is InChI=1S/C23H26N4O2S/c1-16(10-11-18-7-4-3-5-8-18)24-22(28)9-6-13-26-23(29)20-15-21-19(12-14-30-21)27(20)17(2)25-26/h3-5,7-8,12,14-16H,6,9-11,13H2,1-2H3,(H,24,28)/t16-/m0/s1. The number of nitrogens with zero attached hydrogens (tertiary/aromatic N) is 3. The molecule has 1 amide bonds. The van der Waals surface area contributed by atoms with Crippen LogP contribution in [0.25, 0.3) is 15.7 Å². The number of carbonyl (C=O) groups excluding carboxylic acids is 1. The van der Waals surface area contributed by atoms with Crippen molar-refractivity contribution in [3.63, 3.8) is 0 Å². The van der Waals surface area contributed by atoms with E-state index in [1.54, 1.807) is 11.3 Å². The number of nitrogens with one attached hydrogen (secondary N) is 1. The van der Waals surface area contributed by atoms with E-state index in [0.29, 0.717) is 24.9 Å². The minimum atomic E-state index is -0.111. The highest BCUT2D eigenvalue weighted by Gasteiger charge is 2.13. The van der Waals surface area contributed by atoms with Gasteiger partial charge >= 0.3 is 0 Å². The molecule has 0 aliphatic rings. The van der Waals surface area contributed by atoms with Crippen LogP contribution < -0.4 is 10.9 Å². The molecule has 0 fully saturated rings. The summed E-state index contributed by atoms with van der Waals surface area (Å²) in [7, 11) is 0. The first-order chi connectivity index (χ1) is 14.5. The van der Waals surface area contributed by atoms with E-state index in [1.807, 2.05) is 54.0 Å². The summed E-state index contributed by atoms with van der Waals surface area (Å²) < 4.78 is 4.48. The van der Waals surface area contributed by atoms with Gasteiger partial charge in [0, 0.05) is 19.0 Å². The Balaban J connectivity index is 1.31. The van der Waals surface area contributed by atoms with Gasteiger partial charge in [-0.1, -0.05) is 30.3 Å². The minimum Gasteiger partial charge on any atom is -0.354 e. The van der Waals surface area contributed by atoms with Crippen LogP contribution in [0.1, 0.15) is 37.6 Å². The van der Waals surface area contributed by atoms with Crippen molar-refractivity contribution in [3.05, 3.63) is 69.6 Å². The molecule has 0 aliphatic heterocycles. The maximum absolute atomic E-state index is 12.8. The van der Waals surface area contributed by atoms with Crippen LogP contribution in [0.5, 0.6) is 0 Å². The summed E-state index contributed by atoms with van der Waals surface area (Å²) in [5, 5.41) is 9.54. The molecule has 0 saturated carbocycles. The van der Waals surface area contributed by atoms with Gasteiger partial charge in [-0.15, -0.1) is 11.3 Å². The molecular formula is C23H26N4O2S. The van der Waals surface area contributed by atoms with E-state index in [0.717, 1.165) is 28.9 Å². The zero-order valence-electron chi connectivity index (χ0n) is 17.3. The smallest absolute Gasteiger partial charge is 0.291 e. The lowest BCUT2D eigenvalue weighted by atomic mass is 10.1. The summed E-state index contributed by atoms with van der Waals surface area (Å²) in [6.45, 7) is 4.37. The summed E-state index contributed by atoms with van der Waals surface area (Å²) in [5.74, 6) is 0.793. The maximum Gasteiger partial charge on any atom is 0.291 e. The van der Waals surface area contributed by atoms with E-state index >= 15 is 0 Å². The van der Waals surface area contributed by atoms with Gasteiger partial charge in [-0.25, -0.2) is 4.68 Å². The highest BCUT2D eigenvalue weighted by atomic mass is 32.1. The fourth-order valence-corrected chi connectivity index (χ4v) is 4.62. The van der Waals surface area contributed by atoms with E-state index in [2.05, 4.69) is 22.5 Å². The molecule has 30 heavy (non-hydrogen) atoms. The number of rotatable bonds is 8. The van der Waals surface area contributed by atoms with Gasteiger partial charge in [-0.2, -0.15) is 5.10 Å². The Morgan fingerprint density at radius 3 is 2.80 bits per heavy atom. The summed E-state index contributed by atoms with van der Waals surface area (Å²) in [4.78, 5) is 25.1. The molecule has 1 aromatic carbocycles. The van der Waals surface area contributed by atoms with Gasteiger partial charge in [-0.3, -0.25) is 14.0 Å². The Bertz CT molecular complexity index is 1220. The Labute approximate surface area is 179 Å². The number of aromatic nitrogens is 3. The largest absolute Gasteiger partial charge is 0.354 e. The van der Waals surface area contributed by atoms with Crippen molar-refractivity contribution in [2.75, 3.05) is 0 Å². The lowest BCUT2D eigenvalue weighted by Crippen LogP contribution is -2.33. The van der Waals surface area contributed by atoms with Crippen LogP contribution >= 0.6 is 11.3 Å². The van der Waals surface area contributed by atoms with Gasteiger partial charge in [0.15, 0.2) is 0 Å². The number of benzene rings is 1. The number of hydrogen-bond acceptors (Lipinski definition) is 4. The zero-order chi connectivity index (χ0) is 21.1. The predicted molar refractivity (Wildman–Crippen MR) is 121 cm³/mol. The first-order valence-electron chi connectivity index (χ1n) is 10.3. The Morgan fingerprint density at radius 2 is 2.00 bits per heavy atom. The summed E-state index contributed by atoms with van der Waals surface area (Å²) >= 11 is 1.62.